The fourth-order valence-electron chi connectivity index (χ4n) is 4.72. The van der Waals surface area contributed by atoms with E-state index >= 15 is 0 Å². The highest BCUT2D eigenvalue weighted by molar-refractivity contribution is 5.91. The summed E-state index contributed by atoms with van der Waals surface area (Å²) in [7, 11) is 0. The number of hydrogen-bond acceptors (Lipinski definition) is 4. The van der Waals surface area contributed by atoms with Gasteiger partial charge in [-0.3, -0.25) is 4.98 Å². The Morgan fingerprint density at radius 3 is 2.65 bits per heavy atom. The van der Waals surface area contributed by atoms with Crippen molar-refractivity contribution in [2.75, 3.05) is 18.0 Å². The van der Waals surface area contributed by atoms with Gasteiger partial charge in [0.1, 0.15) is 5.82 Å². The van der Waals surface area contributed by atoms with Gasteiger partial charge in [0, 0.05) is 36.4 Å². The van der Waals surface area contributed by atoms with E-state index in [-0.39, 0.29) is 0 Å². The maximum Gasteiger partial charge on any atom is 0.163 e. The van der Waals surface area contributed by atoms with E-state index in [1.165, 1.54) is 32.1 Å². The first kappa shape index (κ1) is 15.7. The molecule has 4 nitrogen and oxygen atoms in total. The zero-order valence-electron chi connectivity index (χ0n) is 15.0. The second-order valence-corrected chi connectivity index (χ2v) is 7.67. The van der Waals surface area contributed by atoms with Crippen LogP contribution in [-0.2, 0) is 0 Å². The molecule has 4 heteroatoms. The number of rotatable bonds is 2. The third kappa shape index (κ3) is 2.83. The van der Waals surface area contributed by atoms with Crippen molar-refractivity contribution in [3.63, 3.8) is 0 Å². The van der Waals surface area contributed by atoms with Gasteiger partial charge in [-0.1, -0.05) is 31.4 Å². The van der Waals surface area contributed by atoms with Crippen LogP contribution in [0.2, 0.25) is 0 Å². The molecule has 2 aliphatic rings. The van der Waals surface area contributed by atoms with Crippen molar-refractivity contribution in [3.05, 3.63) is 48.8 Å². The van der Waals surface area contributed by atoms with Crippen LogP contribution < -0.4 is 4.90 Å². The summed E-state index contributed by atoms with van der Waals surface area (Å²) in [5, 5.41) is 1.16. The number of fused-ring (bicyclic) bond motifs is 2. The maximum atomic E-state index is 5.01. The zero-order chi connectivity index (χ0) is 17.3. The molecule has 2 atom stereocenters. The van der Waals surface area contributed by atoms with Crippen LogP contribution in [-0.4, -0.2) is 28.0 Å². The van der Waals surface area contributed by atoms with Gasteiger partial charge in [0.05, 0.1) is 5.52 Å². The molecule has 26 heavy (non-hydrogen) atoms. The predicted octanol–water partition coefficient (Wildman–Crippen LogP) is 4.71. The van der Waals surface area contributed by atoms with E-state index < -0.39 is 0 Å². The summed E-state index contributed by atoms with van der Waals surface area (Å²) in [6.45, 7) is 2.24. The molecule has 132 valence electrons. The molecule has 0 spiro atoms. The summed E-state index contributed by atoms with van der Waals surface area (Å²) in [6.07, 6.45) is 10.5. The number of aromatic nitrogens is 3. The van der Waals surface area contributed by atoms with Gasteiger partial charge in [0.25, 0.3) is 0 Å². The number of nitrogens with zero attached hydrogens (tertiary/aromatic N) is 4. The molecule has 5 rings (SSSR count). The molecule has 2 fully saturated rings. The molecule has 2 unspecified atom stereocenters. The second kappa shape index (κ2) is 6.67. The Morgan fingerprint density at radius 2 is 1.77 bits per heavy atom. The average molecular weight is 344 g/mol. The summed E-state index contributed by atoms with van der Waals surface area (Å²) in [4.78, 5) is 16.6. The Labute approximate surface area is 154 Å². The molecule has 3 heterocycles. The van der Waals surface area contributed by atoms with Crippen LogP contribution >= 0.6 is 0 Å². The second-order valence-electron chi connectivity index (χ2n) is 7.67. The number of para-hydroxylation sites is 1. The van der Waals surface area contributed by atoms with Gasteiger partial charge >= 0.3 is 0 Å². The molecule has 1 aromatic carbocycles. The summed E-state index contributed by atoms with van der Waals surface area (Å²) >= 11 is 0. The normalized spacial score (nSPS) is 23.0. The third-order valence-electron chi connectivity index (χ3n) is 6.09. The molecular weight excluding hydrogens is 320 g/mol. The predicted molar refractivity (Wildman–Crippen MR) is 105 cm³/mol. The van der Waals surface area contributed by atoms with E-state index in [0.717, 1.165) is 53.0 Å². The van der Waals surface area contributed by atoms with E-state index in [0.29, 0.717) is 0 Å². The van der Waals surface area contributed by atoms with Crippen LogP contribution in [0.4, 0.5) is 5.82 Å². The van der Waals surface area contributed by atoms with Gasteiger partial charge in [-0.05, 0) is 48.9 Å². The summed E-state index contributed by atoms with van der Waals surface area (Å²) in [5.41, 5.74) is 1.99. The molecular formula is C22H24N4. The lowest BCUT2D eigenvalue weighted by molar-refractivity contribution is 0.202. The quantitative estimate of drug-likeness (QED) is 0.675. The van der Waals surface area contributed by atoms with Crippen molar-refractivity contribution in [3.8, 4) is 11.4 Å². The monoisotopic (exact) mass is 344 g/mol. The molecule has 2 aromatic heterocycles. The van der Waals surface area contributed by atoms with E-state index in [1.807, 2.05) is 18.3 Å². The van der Waals surface area contributed by atoms with E-state index in [4.69, 9.17) is 9.97 Å². The topological polar surface area (TPSA) is 41.9 Å². The minimum absolute atomic E-state index is 0.776. The molecule has 1 saturated heterocycles. The molecule has 1 saturated carbocycles. The lowest BCUT2D eigenvalue weighted by atomic mass is 9.75. The van der Waals surface area contributed by atoms with Gasteiger partial charge < -0.3 is 4.90 Å². The Morgan fingerprint density at radius 1 is 0.885 bits per heavy atom. The van der Waals surface area contributed by atoms with Crippen molar-refractivity contribution >= 4 is 16.7 Å². The lowest BCUT2D eigenvalue weighted by Gasteiger charge is -2.42. The molecule has 3 aromatic rings. The Hall–Kier alpha value is -2.49. The number of pyridine rings is 1. The standard InChI is InChI=1S/C22H24N4/c1-2-7-18-15-26(13-11-16(18)6-1)22-19-9-3-4-10-20(19)24-21(25-22)17-8-5-12-23-14-17/h3-5,8-10,12,14,16,18H,1-2,6-7,11,13,15H2. The van der Waals surface area contributed by atoms with Crippen molar-refractivity contribution in [1.29, 1.82) is 0 Å². The fraction of sp³-hybridized carbons (Fsp3) is 0.409. The van der Waals surface area contributed by atoms with Crippen molar-refractivity contribution in [2.24, 2.45) is 11.8 Å². The molecule has 0 N–H and O–H groups in total. The SMILES string of the molecule is c1cncc(-c2nc(N3CCC4CCCCC4C3)c3ccccc3n2)c1. The van der Waals surface area contributed by atoms with Crippen LogP contribution in [0, 0.1) is 11.8 Å². The Balaban J connectivity index is 1.58. The minimum Gasteiger partial charge on any atom is -0.356 e. The van der Waals surface area contributed by atoms with Crippen molar-refractivity contribution in [2.45, 2.75) is 32.1 Å². The first-order chi connectivity index (χ1) is 12.9. The number of benzene rings is 1. The van der Waals surface area contributed by atoms with Gasteiger partial charge in [-0.2, -0.15) is 0 Å². The van der Waals surface area contributed by atoms with Crippen LogP contribution in [0.25, 0.3) is 22.3 Å². The van der Waals surface area contributed by atoms with E-state index in [9.17, 15) is 0 Å². The highest BCUT2D eigenvalue weighted by Crippen LogP contribution is 2.38. The maximum absolute atomic E-state index is 5.01. The highest BCUT2D eigenvalue weighted by atomic mass is 15.2. The summed E-state index contributed by atoms with van der Waals surface area (Å²) in [6, 6.07) is 12.4. The van der Waals surface area contributed by atoms with Gasteiger partial charge in [-0.15, -0.1) is 0 Å². The molecule has 0 amide bonds. The molecule has 1 aliphatic carbocycles. The number of piperidine rings is 1. The number of anilines is 1. The van der Waals surface area contributed by atoms with Crippen LogP contribution in [0.15, 0.2) is 48.8 Å². The average Bonchev–Trinajstić information content (AvgIpc) is 2.73. The molecule has 0 radical (unpaired) electrons. The van der Waals surface area contributed by atoms with E-state index in [2.05, 4.69) is 34.1 Å². The summed E-state index contributed by atoms with van der Waals surface area (Å²) in [5.74, 6) is 3.62. The van der Waals surface area contributed by atoms with E-state index in [1.54, 1.807) is 6.20 Å². The van der Waals surface area contributed by atoms with Crippen LogP contribution in [0.1, 0.15) is 32.1 Å². The third-order valence-corrected chi connectivity index (χ3v) is 6.09. The van der Waals surface area contributed by atoms with Crippen molar-refractivity contribution < 1.29 is 0 Å². The lowest BCUT2D eigenvalue weighted by Crippen LogP contribution is -2.42. The van der Waals surface area contributed by atoms with Gasteiger partial charge in [-0.25, -0.2) is 9.97 Å². The van der Waals surface area contributed by atoms with Crippen LogP contribution in [0.5, 0.6) is 0 Å². The fourth-order valence-corrected chi connectivity index (χ4v) is 4.72. The Bertz CT molecular complexity index is 908. The van der Waals surface area contributed by atoms with Gasteiger partial charge in [0.2, 0.25) is 0 Å². The number of hydrogen-bond donors (Lipinski definition) is 0. The first-order valence-electron chi connectivity index (χ1n) is 9.80. The van der Waals surface area contributed by atoms with Crippen LogP contribution in [0.3, 0.4) is 0 Å². The van der Waals surface area contributed by atoms with Crippen molar-refractivity contribution in [1.82, 2.24) is 15.0 Å². The summed E-state index contributed by atoms with van der Waals surface area (Å²) < 4.78 is 0. The smallest absolute Gasteiger partial charge is 0.163 e. The zero-order valence-corrected chi connectivity index (χ0v) is 15.0. The largest absolute Gasteiger partial charge is 0.356 e. The highest BCUT2D eigenvalue weighted by Gasteiger charge is 2.32. The minimum atomic E-state index is 0.776. The Kier molecular flexibility index (Phi) is 4.04. The first-order valence-corrected chi connectivity index (χ1v) is 9.80. The molecule has 1 aliphatic heterocycles. The van der Waals surface area contributed by atoms with Gasteiger partial charge in [0.15, 0.2) is 5.82 Å². The molecule has 0 bridgehead atoms.